The second kappa shape index (κ2) is 17.5. The summed E-state index contributed by atoms with van der Waals surface area (Å²) < 4.78 is 50.1. The van der Waals surface area contributed by atoms with Crippen LogP contribution in [0.25, 0.3) is 0 Å². The normalized spacial score (nSPS) is 58.1. The Morgan fingerprint density at radius 1 is 0.683 bits per heavy atom. The molecule has 1 spiro atoms. The van der Waals surface area contributed by atoms with Crippen molar-refractivity contribution in [2.75, 3.05) is 19.8 Å². The van der Waals surface area contributed by atoms with Gasteiger partial charge in [-0.15, -0.1) is 0 Å². The molecular weight excluding hydrogens is 828 g/mol. The maximum atomic E-state index is 12.3. The fraction of sp³-hybridized carbons (Fsp3) is 0.956. The topological polar surface area (TPSA) is 276 Å². The summed E-state index contributed by atoms with van der Waals surface area (Å²) in [5, 5.41) is 108. The van der Waals surface area contributed by atoms with Gasteiger partial charge < -0.3 is 89.0 Å². The van der Waals surface area contributed by atoms with Crippen LogP contribution in [-0.4, -0.2) is 187 Å². The third-order valence-corrected chi connectivity index (χ3v) is 17.8. The summed E-state index contributed by atoms with van der Waals surface area (Å²) in [6.45, 7) is 9.81. The Hall–Kier alpha value is -0.980. The summed E-state index contributed by atoms with van der Waals surface area (Å²) in [6, 6.07) is 0. The monoisotopic (exact) mass is 900 g/mol. The summed E-state index contributed by atoms with van der Waals surface area (Å²) in [4.78, 5) is 0. The van der Waals surface area contributed by atoms with Crippen LogP contribution >= 0.6 is 0 Å². The molecule has 0 bridgehead atoms. The molecule has 5 aliphatic heterocycles. The minimum absolute atomic E-state index is 0.0382. The van der Waals surface area contributed by atoms with Gasteiger partial charge in [-0.05, 0) is 81.0 Å². The molecule has 9 aliphatic rings. The number of hydrogen-bond donors (Lipinski definition) is 10. The van der Waals surface area contributed by atoms with Crippen molar-refractivity contribution in [2.24, 2.45) is 46.3 Å². The van der Waals surface area contributed by atoms with Crippen molar-refractivity contribution in [3.8, 4) is 0 Å². The van der Waals surface area contributed by atoms with E-state index < -0.39 is 123 Å². The van der Waals surface area contributed by atoms with Crippen LogP contribution in [0.5, 0.6) is 0 Å². The van der Waals surface area contributed by atoms with Crippen molar-refractivity contribution in [1.29, 1.82) is 0 Å². The maximum absolute atomic E-state index is 12.3. The van der Waals surface area contributed by atoms with E-state index in [0.717, 1.165) is 32.1 Å². The lowest BCUT2D eigenvalue weighted by molar-refractivity contribution is -0.394. The molecule has 0 aromatic carbocycles. The fourth-order valence-electron chi connectivity index (χ4n) is 14.0. The molecule has 18 nitrogen and oxygen atoms in total. The molecule has 8 fully saturated rings. The highest BCUT2D eigenvalue weighted by Crippen LogP contribution is 2.70. The van der Waals surface area contributed by atoms with Crippen molar-refractivity contribution in [1.82, 2.24) is 0 Å². The maximum Gasteiger partial charge on any atom is 0.187 e. The third kappa shape index (κ3) is 7.62. The molecule has 63 heavy (non-hydrogen) atoms. The summed E-state index contributed by atoms with van der Waals surface area (Å²) >= 11 is 0. The van der Waals surface area contributed by atoms with Crippen LogP contribution in [0.15, 0.2) is 11.6 Å². The first-order valence-electron chi connectivity index (χ1n) is 23.5. The van der Waals surface area contributed by atoms with Crippen LogP contribution in [0, 0.1) is 46.3 Å². The predicted molar refractivity (Wildman–Crippen MR) is 216 cm³/mol. The van der Waals surface area contributed by atoms with Gasteiger partial charge in [-0.3, -0.25) is 0 Å². The summed E-state index contributed by atoms with van der Waals surface area (Å²) in [7, 11) is 0. The number of ether oxygens (including phenoxy) is 8. The SMILES string of the molecule is C[C@@H]1CC[C@@]2(OC1)O[C@H]1C[C@H]3[C@@H]4CC=C5C[C@@H](O[C@@H]6O[C@H](CO)[C@H](O)[C@H](O[C@@H]7O[C@H](CO)[C@@H](O)[C@H](O)[C@H]7O)[C@H]6O[C@@H]6O[C@@H](C)[C@H](O)[C@@H](O)[C@H]6O)CC[C@]5(C)[C@H]4C[C@@H](O)[C@]3(C)[C@H]1[C@@H]2C. The van der Waals surface area contributed by atoms with Gasteiger partial charge in [0.05, 0.1) is 44.2 Å². The molecule has 18 heteroatoms. The number of allylic oxidation sites excluding steroid dienone is 1. The van der Waals surface area contributed by atoms with Gasteiger partial charge in [0.1, 0.15) is 67.1 Å². The van der Waals surface area contributed by atoms with Crippen molar-refractivity contribution in [3.05, 3.63) is 11.6 Å². The van der Waals surface area contributed by atoms with Gasteiger partial charge in [0.25, 0.3) is 0 Å². The minimum Gasteiger partial charge on any atom is -0.394 e. The van der Waals surface area contributed by atoms with E-state index in [1.54, 1.807) is 0 Å². The van der Waals surface area contributed by atoms with Crippen molar-refractivity contribution >= 4 is 0 Å². The van der Waals surface area contributed by atoms with Crippen LogP contribution < -0.4 is 0 Å². The van der Waals surface area contributed by atoms with Gasteiger partial charge in [-0.2, -0.15) is 0 Å². The molecule has 5 heterocycles. The standard InChI is InChI=1S/C45H72O18/c1-18-8-11-45(56-17-18)19(2)30-26(63-45)13-25-23-7-6-21-12-22(9-10-43(21,4)24(23)14-29(48)44(25,30)5)58-42-39(62-40-36(54)34(52)31(49)20(3)57-40)38(33(51)28(16-47)60-42)61-41-37(55)35(53)32(50)27(15-46)59-41/h6,18-20,22-42,46-55H,7-17H2,1-5H3/t18-,19+,20+,22+,23-,24+,25+,26+,27-,28-,29-,30+,31+,32-,33+,34-,35+,36-,37-,38+,39-,40+,41+,42-,43+,44-,45-/m1/s1. The van der Waals surface area contributed by atoms with Gasteiger partial charge >= 0.3 is 0 Å². The van der Waals surface area contributed by atoms with E-state index in [-0.39, 0.29) is 40.6 Å². The zero-order valence-corrected chi connectivity index (χ0v) is 37.0. The number of hydrogen-bond acceptors (Lipinski definition) is 18. The minimum atomic E-state index is -1.86. The highest BCUT2D eigenvalue weighted by Gasteiger charge is 2.71. The third-order valence-electron chi connectivity index (χ3n) is 17.8. The van der Waals surface area contributed by atoms with Crippen LogP contribution in [0.2, 0.25) is 0 Å². The number of fused-ring (bicyclic) bond motifs is 7. The Morgan fingerprint density at radius 2 is 1.33 bits per heavy atom. The zero-order chi connectivity index (χ0) is 45.1. The van der Waals surface area contributed by atoms with Crippen LogP contribution in [-0.2, 0) is 37.9 Å². The lowest BCUT2D eigenvalue weighted by Crippen LogP contribution is -2.67. The lowest BCUT2D eigenvalue weighted by atomic mass is 9.46. The molecule has 9 rings (SSSR count). The average Bonchev–Trinajstić information content (AvgIpc) is 3.71. The Labute approximate surface area is 368 Å². The Bertz CT molecular complexity index is 1640. The largest absolute Gasteiger partial charge is 0.394 e. The quantitative estimate of drug-likeness (QED) is 0.133. The van der Waals surface area contributed by atoms with E-state index in [1.807, 2.05) is 0 Å². The number of aliphatic hydroxyl groups excluding tert-OH is 10. The lowest BCUT2D eigenvalue weighted by Gasteiger charge is -2.60. The average molecular weight is 901 g/mol. The van der Waals surface area contributed by atoms with Crippen LogP contribution in [0.1, 0.15) is 86.0 Å². The Balaban J connectivity index is 0.951. The molecular formula is C45H72O18. The second-order valence-corrected chi connectivity index (χ2v) is 21.1. The molecule has 10 N–H and O–H groups in total. The smallest absolute Gasteiger partial charge is 0.187 e. The molecule has 5 saturated heterocycles. The fourth-order valence-corrected chi connectivity index (χ4v) is 14.0. The molecule has 360 valence electrons. The number of aliphatic hydroxyl groups is 10. The van der Waals surface area contributed by atoms with Crippen molar-refractivity contribution < 1.29 is 89.0 Å². The highest BCUT2D eigenvalue weighted by molar-refractivity contribution is 5.27. The second-order valence-electron chi connectivity index (χ2n) is 21.1. The van der Waals surface area contributed by atoms with Crippen molar-refractivity contribution in [3.63, 3.8) is 0 Å². The Kier molecular flexibility index (Phi) is 13.1. The van der Waals surface area contributed by atoms with E-state index in [2.05, 4.69) is 33.8 Å². The molecule has 0 radical (unpaired) electrons. The van der Waals surface area contributed by atoms with Crippen LogP contribution in [0.4, 0.5) is 0 Å². The first-order valence-corrected chi connectivity index (χ1v) is 23.5. The summed E-state index contributed by atoms with van der Waals surface area (Å²) in [5.41, 5.74) is 0.675. The van der Waals surface area contributed by atoms with Crippen molar-refractivity contribution in [2.45, 2.75) is 202 Å². The van der Waals surface area contributed by atoms with Gasteiger partial charge in [0.15, 0.2) is 24.7 Å². The zero-order valence-electron chi connectivity index (χ0n) is 37.0. The predicted octanol–water partition coefficient (Wildman–Crippen LogP) is -0.815. The molecule has 4 aliphatic carbocycles. The molecule has 3 saturated carbocycles. The molecule has 0 aromatic rings. The van der Waals surface area contributed by atoms with E-state index in [1.165, 1.54) is 12.5 Å². The first-order chi connectivity index (χ1) is 29.9. The Morgan fingerprint density at radius 3 is 2.02 bits per heavy atom. The molecule has 0 amide bonds. The summed E-state index contributed by atoms with van der Waals surface area (Å²) in [6.07, 6.45) is -15.9. The van der Waals surface area contributed by atoms with Crippen LogP contribution in [0.3, 0.4) is 0 Å². The van der Waals surface area contributed by atoms with E-state index in [9.17, 15) is 51.1 Å². The van der Waals surface area contributed by atoms with Gasteiger partial charge in [-0.25, -0.2) is 0 Å². The summed E-state index contributed by atoms with van der Waals surface area (Å²) in [5.74, 6) is 1.17. The highest BCUT2D eigenvalue weighted by atomic mass is 16.8. The van der Waals surface area contributed by atoms with E-state index >= 15 is 0 Å². The van der Waals surface area contributed by atoms with Gasteiger partial charge in [-0.1, -0.05) is 39.3 Å². The van der Waals surface area contributed by atoms with E-state index in [0.29, 0.717) is 37.7 Å². The van der Waals surface area contributed by atoms with Gasteiger partial charge in [0, 0.05) is 23.7 Å². The molecule has 0 unspecified atom stereocenters. The van der Waals surface area contributed by atoms with E-state index in [4.69, 9.17) is 37.9 Å². The van der Waals surface area contributed by atoms with Gasteiger partial charge in [0.2, 0.25) is 0 Å². The first kappa shape index (κ1) is 47.1. The molecule has 27 atom stereocenters. The molecule has 0 aromatic heterocycles. The number of rotatable bonds is 8.